The topological polar surface area (TPSA) is 55.2 Å². The lowest BCUT2D eigenvalue weighted by Crippen LogP contribution is -2.13. The van der Waals surface area contributed by atoms with E-state index < -0.39 is 0 Å². The van der Waals surface area contributed by atoms with Crippen molar-refractivity contribution in [1.82, 2.24) is 14.3 Å². The number of aromatic nitrogens is 3. The summed E-state index contributed by atoms with van der Waals surface area (Å²) in [6.45, 7) is 6.84. The standard InChI is InChI=1S/C20H24ClIN5OPS.C2H6/c1-12-23-19-15(11-18(21)25-20(19)27(12)29-22)24-14-8-7-13(10-16(14)26(2)30-3)17-6-4-5-9-28-17;1-2/h7-8,10-11,17,29H,4-6,9H2,1-3H3,(H,24,25);1-2H3. The number of hydrogen-bond acceptors (Lipinski definition) is 6. The fraction of sp³-hybridized carbons (Fsp3) is 0.455. The van der Waals surface area contributed by atoms with Gasteiger partial charge in [0.25, 0.3) is 0 Å². The summed E-state index contributed by atoms with van der Waals surface area (Å²) in [5.74, 6) is 0.932. The maximum Gasteiger partial charge on any atom is 0.167 e. The largest absolute Gasteiger partial charge is 0.374 e. The number of anilines is 3. The van der Waals surface area contributed by atoms with Crippen molar-refractivity contribution >= 4 is 80.2 Å². The lowest BCUT2D eigenvalue weighted by atomic mass is 10.0. The predicted octanol–water partition coefficient (Wildman–Crippen LogP) is 7.91. The van der Waals surface area contributed by atoms with E-state index in [1.165, 1.54) is 12.0 Å². The molecule has 3 aromatic rings. The Morgan fingerprint density at radius 1 is 1.25 bits per heavy atom. The van der Waals surface area contributed by atoms with Gasteiger partial charge in [-0.1, -0.05) is 43.5 Å². The van der Waals surface area contributed by atoms with Crippen LogP contribution in [-0.4, -0.2) is 34.2 Å². The highest BCUT2D eigenvalue weighted by Crippen LogP contribution is 2.39. The number of rotatable bonds is 6. The molecule has 32 heavy (non-hydrogen) atoms. The van der Waals surface area contributed by atoms with Gasteiger partial charge in [0, 0.05) is 26.0 Å². The first-order valence-corrected chi connectivity index (χ1v) is 16.4. The molecule has 2 atom stereocenters. The summed E-state index contributed by atoms with van der Waals surface area (Å²) >= 11 is 10.4. The number of imidazole rings is 1. The van der Waals surface area contributed by atoms with Crippen LogP contribution in [0.3, 0.4) is 0 Å². The minimum absolute atomic E-state index is 0.173. The highest BCUT2D eigenvalue weighted by molar-refractivity contribution is 14.2. The maximum absolute atomic E-state index is 6.36. The first kappa shape index (κ1) is 25.8. The summed E-state index contributed by atoms with van der Waals surface area (Å²) in [7, 11) is 2.07. The average molecular weight is 606 g/mol. The Kier molecular flexibility index (Phi) is 9.73. The van der Waals surface area contributed by atoms with Crippen LogP contribution < -0.4 is 9.62 Å². The van der Waals surface area contributed by atoms with E-state index in [1.807, 2.05) is 26.8 Å². The van der Waals surface area contributed by atoms with Gasteiger partial charge >= 0.3 is 0 Å². The Bertz CT molecular complexity index is 1060. The SMILES string of the molecule is CC.CSN(C)c1cc(C2CCCCO2)ccc1Nc1cc(Cl)nc2c1nc(C)n2PI. The molecule has 0 saturated carbocycles. The molecule has 174 valence electrons. The average Bonchev–Trinajstić information content (AvgIpc) is 3.15. The summed E-state index contributed by atoms with van der Waals surface area (Å²) in [6.07, 6.45) is 6.19. The number of pyridine rings is 1. The lowest BCUT2D eigenvalue weighted by Gasteiger charge is -2.26. The Hall–Kier alpha value is -0.800. The van der Waals surface area contributed by atoms with E-state index in [1.54, 1.807) is 11.9 Å². The molecule has 2 unspecified atom stereocenters. The van der Waals surface area contributed by atoms with Crippen molar-refractivity contribution in [1.29, 1.82) is 0 Å². The zero-order chi connectivity index (χ0) is 23.3. The summed E-state index contributed by atoms with van der Waals surface area (Å²) in [5.41, 5.74) is 5.82. The fourth-order valence-electron chi connectivity index (χ4n) is 3.68. The van der Waals surface area contributed by atoms with Crippen molar-refractivity contribution < 1.29 is 4.74 Å². The van der Waals surface area contributed by atoms with Crippen molar-refractivity contribution in [2.45, 2.75) is 46.1 Å². The molecule has 1 aliphatic rings. The molecule has 0 spiro atoms. The quantitative estimate of drug-likeness (QED) is 0.133. The molecule has 1 fully saturated rings. The molecule has 1 N–H and O–H groups in total. The van der Waals surface area contributed by atoms with E-state index in [0.29, 0.717) is 11.5 Å². The molecule has 6 nitrogen and oxygen atoms in total. The van der Waals surface area contributed by atoms with Crippen molar-refractivity contribution in [2.24, 2.45) is 0 Å². The zero-order valence-corrected chi connectivity index (χ0v) is 23.8. The van der Waals surface area contributed by atoms with Crippen LogP contribution in [0.4, 0.5) is 17.1 Å². The van der Waals surface area contributed by atoms with Gasteiger partial charge in [-0.15, -0.1) is 0 Å². The van der Waals surface area contributed by atoms with E-state index in [2.05, 4.69) is 72.5 Å². The van der Waals surface area contributed by atoms with Crippen LogP contribution in [0, 0.1) is 6.92 Å². The summed E-state index contributed by atoms with van der Waals surface area (Å²) < 4.78 is 10.3. The van der Waals surface area contributed by atoms with Crippen LogP contribution in [-0.2, 0) is 4.74 Å². The van der Waals surface area contributed by atoms with Crippen LogP contribution in [0.5, 0.6) is 0 Å². The molecule has 4 rings (SSSR count). The third kappa shape index (κ3) is 5.63. The second-order valence-electron chi connectivity index (χ2n) is 7.18. The Morgan fingerprint density at radius 3 is 2.69 bits per heavy atom. The summed E-state index contributed by atoms with van der Waals surface area (Å²) in [5, 5.41) is 4.02. The van der Waals surface area contributed by atoms with Gasteiger partial charge in [-0.3, -0.25) is 4.34 Å². The third-order valence-electron chi connectivity index (χ3n) is 5.29. The number of nitrogens with zero attached hydrogens (tertiary/aromatic N) is 4. The van der Waals surface area contributed by atoms with Gasteiger partial charge in [0.1, 0.15) is 16.5 Å². The van der Waals surface area contributed by atoms with Crippen molar-refractivity contribution in [3.63, 3.8) is 0 Å². The minimum Gasteiger partial charge on any atom is -0.374 e. The van der Waals surface area contributed by atoms with Crippen LogP contribution >= 0.6 is 52.0 Å². The molecule has 0 bridgehead atoms. The Labute approximate surface area is 214 Å². The fourth-order valence-corrected chi connectivity index (χ4v) is 6.36. The number of hydrogen-bond donors (Lipinski definition) is 1. The first-order valence-electron chi connectivity index (χ1n) is 10.7. The van der Waals surface area contributed by atoms with E-state index >= 15 is 0 Å². The lowest BCUT2D eigenvalue weighted by molar-refractivity contribution is 0.0150. The molecule has 2 aromatic heterocycles. The molecule has 0 amide bonds. The van der Waals surface area contributed by atoms with Gasteiger partial charge in [0.2, 0.25) is 0 Å². The summed E-state index contributed by atoms with van der Waals surface area (Å²) in [6, 6.07) is 8.36. The number of nitrogens with one attached hydrogen (secondary N) is 1. The minimum atomic E-state index is 0.173. The number of benzene rings is 1. The van der Waals surface area contributed by atoms with Crippen LogP contribution in [0.15, 0.2) is 24.3 Å². The molecule has 0 radical (unpaired) electrons. The number of ether oxygens (including phenoxy) is 1. The molecular weight excluding hydrogens is 576 g/mol. The molecular formula is C22H30ClIN5OPS. The van der Waals surface area contributed by atoms with Crippen LogP contribution in [0.2, 0.25) is 5.15 Å². The van der Waals surface area contributed by atoms with E-state index in [-0.39, 0.29) is 6.10 Å². The molecule has 1 aliphatic heterocycles. The van der Waals surface area contributed by atoms with E-state index in [9.17, 15) is 0 Å². The van der Waals surface area contributed by atoms with Gasteiger partial charge < -0.3 is 14.4 Å². The molecule has 1 saturated heterocycles. The maximum atomic E-state index is 6.36. The highest BCUT2D eigenvalue weighted by atomic mass is 127. The van der Waals surface area contributed by atoms with Gasteiger partial charge in [0.15, 0.2) is 5.65 Å². The summed E-state index contributed by atoms with van der Waals surface area (Å²) in [4.78, 5) is 9.27. The van der Waals surface area contributed by atoms with Crippen molar-refractivity contribution in [3.8, 4) is 0 Å². The molecule has 3 heterocycles. The van der Waals surface area contributed by atoms with E-state index in [0.717, 1.165) is 53.5 Å². The predicted molar refractivity (Wildman–Crippen MR) is 151 cm³/mol. The van der Waals surface area contributed by atoms with Gasteiger partial charge in [-0.05, 0) is 65.9 Å². The van der Waals surface area contributed by atoms with Gasteiger partial charge in [-0.25, -0.2) is 9.97 Å². The van der Waals surface area contributed by atoms with Crippen molar-refractivity contribution in [3.05, 3.63) is 40.8 Å². The molecule has 1 aromatic carbocycles. The molecule has 10 heteroatoms. The second-order valence-corrected chi connectivity index (χ2v) is 10.5. The monoisotopic (exact) mass is 605 g/mol. The smallest absolute Gasteiger partial charge is 0.167 e. The van der Waals surface area contributed by atoms with Gasteiger partial charge in [-0.2, -0.15) is 0 Å². The number of halogens is 2. The normalized spacial score (nSPS) is 16.3. The Morgan fingerprint density at radius 2 is 2.03 bits per heavy atom. The van der Waals surface area contributed by atoms with Crippen LogP contribution in [0.25, 0.3) is 11.2 Å². The third-order valence-corrected chi connectivity index (χ3v) is 8.38. The highest BCUT2D eigenvalue weighted by Gasteiger charge is 2.20. The first-order chi connectivity index (χ1) is 15.5. The van der Waals surface area contributed by atoms with Crippen molar-refractivity contribution in [2.75, 3.05) is 29.5 Å². The Balaban J connectivity index is 0.00000141. The van der Waals surface area contributed by atoms with Gasteiger partial charge in [0.05, 0.1) is 29.5 Å². The second kappa shape index (κ2) is 12.1. The number of fused-ring (bicyclic) bond motifs is 1. The molecule has 0 aliphatic carbocycles. The van der Waals surface area contributed by atoms with E-state index in [4.69, 9.17) is 21.3 Å². The zero-order valence-electron chi connectivity index (χ0n) is 19.1. The van der Waals surface area contributed by atoms with Crippen LogP contribution in [0.1, 0.15) is 50.6 Å². The number of aryl methyl sites for hydroxylation is 1.